The SMILES string of the molecule is COc1cc(N2CCN(C(C=O)n3nc(C(F)(F)F)c(Cl)c3C)CC2)c(C(C)=O)cc1Cl. The van der Waals surface area contributed by atoms with Gasteiger partial charge in [-0.15, -0.1) is 0 Å². The molecule has 3 rings (SSSR count). The molecule has 1 unspecified atom stereocenters. The van der Waals surface area contributed by atoms with Gasteiger partial charge in [0.1, 0.15) is 5.75 Å². The highest BCUT2D eigenvalue weighted by atomic mass is 35.5. The average Bonchev–Trinajstić information content (AvgIpc) is 3.04. The van der Waals surface area contributed by atoms with Crippen molar-refractivity contribution in [1.29, 1.82) is 0 Å². The third-order valence-corrected chi connectivity index (χ3v) is 6.14. The van der Waals surface area contributed by atoms with Gasteiger partial charge in [0.05, 0.1) is 28.5 Å². The van der Waals surface area contributed by atoms with Crippen molar-refractivity contribution in [2.75, 3.05) is 38.2 Å². The maximum absolute atomic E-state index is 13.2. The van der Waals surface area contributed by atoms with Crippen LogP contribution < -0.4 is 9.64 Å². The second-order valence-corrected chi connectivity index (χ2v) is 8.11. The number of hydrogen-bond acceptors (Lipinski definition) is 6. The molecule has 1 aromatic heterocycles. The Morgan fingerprint density at radius 3 is 2.31 bits per heavy atom. The number of hydrogen-bond donors (Lipinski definition) is 0. The number of methoxy groups -OCH3 is 1. The first-order valence-electron chi connectivity index (χ1n) is 9.64. The summed E-state index contributed by atoms with van der Waals surface area (Å²) in [7, 11) is 1.47. The van der Waals surface area contributed by atoms with Gasteiger partial charge in [-0.3, -0.25) is 14.5 Å². The van der Waals surface area contributed by atoms with Crippen LogP contribution in [0.4, 0.5) is 18.9 Å². The van der Waals surface area contributed by atoms with Crippen molar-refractivity contribution in [1.82, 2.24) is 14.7 Å². The number of ketones is 1. The average molecular weight is 493 g/mol. The van der Waals surface area contributed by atoms with Gasteiger partial charge >= 0.3 is 6.18 Å². The van der Waals surface area contributed by atoms with Crippen LogP contribution in [0.1, 0.15) is 34.8 Å². The van der Waals surface area contributed by atoms with Crippen LogP contribution in [0.5, 0.6) is 5.75 Å². The maximum Gasteiger partial charge on any atom is 0.436 e. The number of ether oxygens (including phenoxy) is 1. The number of carbonyl (C=O) groups is 2. The van der Waals surface area contributed by atoms with Gasteiger partial charge < -0.3 is 9.64 Å². The number of aromatic nitrogens is 2. The van der Waals surface area contributed by atoms with E-state index in [1.807, 2.05) is 4.90 Å². The predicted molar refractivity (Wildman–Crippen MR) is 114 cm³/mol. The molecule has 32 heavy (non-hydrogen) atoms. The second kappa shape index (κ2) is 9.29. The van der Waals surface area contributed by atoms with Crippen LogP contribution in [0.2, 0.25) is 10.0 Å². The number of nitrogens with zero attached hydrogens (tertiary/aromatic N) is 4. The number of anilines is 1. The third kappa shape index (κ3) is 4.57. The topological polar surface area (TPSA) is 67.7 Å². The number of halogens is 5. The van der Waals surface area contributed by atoms with Gasteiger partial charge in [0.2, 0.25) is 0 Å². The van der Waals surface area contributed by atoms with Crippen LogP contribution in [-0.4, -0.2) is 60.0 Å². The van der Waals surface area contributed by atoms with Crippen LogP contribution in [0.15, 0.2) is 12.1 Å². The molecular weight excluding hydrogens is 472 g/mol. The predicted octanol–water partition coefficient (Wildman–Crippen LogP) is 4.25. The molecule has 1 atom stereocenters. The molecule has 0 amide bonds. The summed E-state index contributed by atoms with van der Waals surface area (Å²) in [6, 6.07) is 3.23. The highest BCUT2D eigenvalue weighted by Crippen LogP contribution is 2.37. The number of aldehydes is 1. The fraction of sp³-hybridized carbons (Fsp3) is 0.450. The van der Waals surface area contributed by atoms with Crippen LogP contribution in [0, 0.1) is 6.92 Å². The molecule has 12 heteroatoms. The highest BCUT2D eigenvalue weighted by Gasteiger charge is 2.40. The quantitative estimate of drug-likeness (QED) is 0.443. The summed E-state index contributed by atoms with van der Waals surface area (Å²) in [6.07, 6.45) is -5.23. The van der Waals surface area contributed by atoms with Gasteiger partial charge in [-0.05, 0) is 19.9 Å². The molecule has 7 nitrogen and oxygen atoms in total. The number of benzene rings is 1. The zero-order chi connectivity index (χ0) is 23.8. The summed E-state index contributed by atoms with van der Waals surface area (Å²) in [6.45, 7) is 4.32. The molecule has 0 N–H and O–H groups in total. The number of alkyl halides is 3. The van der Waals surface area contributed by atoms with E-state index in [0.29, 0.717) is 54.5 Å². The van der Waals surface area contributed by atoms with Gasteiger partial charge in [0, 0.05) is 37.8 Å². The van der Waals surface area contributed by atoms with E-state index >= 15 is 0 Å². The highest BCUT2D eigenvalue weighted by molar-refractivity contribution is 6.32. The van der Waals surface area contributed by atoms with Gasteiger partial charge in [-0.25, -0.2) is 4.68 Å². The smallest absolute Gasteiger partial charge is 0.436 e. The first-order valence-corrected chi connectivity index (χ1v) is 10.4. The molecule has 1 fully saturated rings. The Morgan fingerprint density at radius 1 is 1.22 bits per heavy atom. The van der Waals surface area contributed by atoms with Gasteiger partial charge in [-0.1, -0.05) is 23.2 Å². The molecule has 0 saturated carbocycles. The third-order valence-electron chi connectivity index (χ3n) is 5.40. The number of Topliss-reactive ketones (excluding diaryl/α,β-unsaturated/α-hetero) is 1. The van der Waals surface area contributed by atoms with Gasteiger partial charge in [0.25, 0.3) is 0 Å². The van der Waals surface area contributed by atoms with Crippen LogP contribution in [0.3, 0.4) is 0 Å². The monoisotopic (exact) mass is 492 g/mol. The summed E-state index contributed by atoms with van der Waals surface area (Å²) in [5, 5.41) is 3.36. The van der Waals surface area contributed by atoms with Gasteiger partial charge in [0.15, 0.2) is 23.9 Å². The van der Waals surface area contributed by atoms with Crippen molar-refractivity contribution in [2.24, 2.45) is 0 Å². The fourth-order valence-corrected chi connectivity index (χ4v) is 4.18. The molecule has 0 aliphatic carbocycles. The fourth-order valence-electron chi connectivity index (χ4n) is 3.71. The Bertz CT molecular complexity index is 1030. The van der Waals surface area contributed by atoms with E-state index in [1.165, 1.54) is 21.0 Å². The van der Waals surface area contributed by atoms with Crippen LogP contribution in [0.25, 0.3) is 0 Å². The van der Waals surface area contributed by atoms with E-state index in [9.17, 15) is 22.8 Å². The Hall–Kier alpha value is -2.30. The molecule has 2 heterocycles. The van der Waals surface area contributed by atoms with Crippen molar-refractivity contribution >= 4 is 41.0 Å². The normalized spacial score (nSPS) is 16.2. The number of rotatable bonds is 6. The lowest BCUT2D eigenvalue weighted by Crippen LogP contribution is -2.50. The van der Waals surface area contributed by atoms with Crippen molar-refractivity contribution in [3.05, 3.63) is 39.1 Å². The molecule has 174 valence electrons. The summed E-state index contributed by atoms with van der Waals surface area (Å²) in [5.41, 5.74) is -0.0965. The number of piperazine rings is 1. The van der Waals surface area contributed by atoms with Crippen LogP contribution in [-0.2, 0) is 11.0 Å². The van der Waals surface area contributed by atoms with E-state index < -0.39 is 23.1 Å². The molecule has 1 saturated heterocycles. The summed E-state index contributed by atoms with van der Waals surface area (Å²) >= 11 is 12.0. The zero-order valence-electron chi connectivity index (χ0n) is 17.5. The summed E-state index contributed by atoms with van der Waals surface area (Å²) in [5.74, 6) is 0.251. The standard InChI is InChI=1S/C20H21Cl2F3N4O3/c1-11-18(22)19(20(23,24)25)26-29(11)17(10-30)28-6-4-27(5-7-28)15-9-16(32-3)14(21)8-13(15)12(2)31/h8-10,17H,4-7H2,1-3H3. The first-order chi connectivity index (χ1) is 15.0. The first kappa shape index (κ1) is 24.3. The lowest BCUT2D eigenvalue weighted by Gasteiger charge is -2.39. The molecule has 1 aliphatic rings. The lowest BCUT2D eigenvalue weighted by atomic mass is 10.1. The largest absolute Gasteiger partial charge is 0.495 e. The molecule has 1 aromatic carbocycles. The molecule has 0 spiro atoms. The van der Waals surface area contributed by atoms with Crippen molar-refractivity contribution in [3.63, 3.8) is 0 Å². The minimum Gasteiger partial charge on any atom is -0.495 e. The van der Waals surface area contributed by atoms with Crippen molar-refractivity contribution < 1.29 is 27.5 Å². The molecule has 2 aromatic rings. The Kier molecular flexibility index (Phi) is 7.06. The Morgan fingerprint density at radius 2 is 1.84 bits per heavy atom. The van der Waals surface area contributed by atoms with E-state index in [0.717, 1.165) is 4.68 Å². The van der Waals surface area contributed by atoms with E-state index in [-0.39, 0.29) is 11.5 Å². The van der Waals surface area contributed by atoms with E-state index in [2.05, 4.69) is 5.10 Å². The Labute approximate surface area is 192 Å². The van der Waals surface area contributed by atoms with E-state index in [4.69, 9.17) is 27.9 Å². The summed E-state index contributed by atoms with van der Waals surface area (Å²) < 4.78 is 45.8. The lowest BCUT2D eigenvalue weighted by molar-refractivity contribution is -0.142. The van der Waals surface area contributed by atoms with Crippen molar-refractivity contribution in [3.8, 4) is 5.75 Å². The minimum absolute atomic E-state index is 0.0554. The molecule has 0 bridgehead atoms. The van der Waals surface area contributed by atoms with E-state index in [1.54, 1.807) is 17.0 Å². The maximum atomic E-state index is 13.2. The summed E-state index contributed by atoms with van der Waals surface area (Å²) in [4.78, 5) is 27.6. The zero-order valence-corrected chi connectivity index (χ0v) is 19.1. The second-order valence-electron chi connectivity index (χ2n) is 7.32. The van der Waals surface area contributed by atoms with Crippen molar-refractivity contribution in [2.45, 2.75) is 26.2 Å². The number of carbonyl (C=O) groups excluding carboxylic acids is 2. The molecule has 0 radical (unpaired) electrons. The molecular formula is C20H21Cl2F3N4O3. The van der Waals surface area contributed by atoms with Crippen LogP contribution >= 0.6 is 23.2 Å². The van der Waals surface area contributed by atoms with Gasteiger partial charge in [-0.2, -0.15) is 18.3 Å². The Balaban J connectivity index is 1.84. The molecule has 1 aliphatic heterocycles. The minimum atomic E-state index is -4.73.